The molecule has 19 heteroatoms. The second-order valence-corrected chi connectivity index (χ2v) is 18.3. The van der Waals surface area contributed by atoms with Crippen molar-refractivity contribution in [3.63, 3.8) is 0 Å². The number of allylic oxidation sites excluding steroid dienone is 3. The molecule has 4 aliphatic heterocycles. The maximum atomic E-state index is 14.2. The van der Waals surface area contributed by atoms with Crippen LogP contribution in [0.1, 0.15) is 58.9 Å². The molecule has 5 N–H and O–H groups in total. The van der Waals surface area contributed by atoms with Crippen molar-refractivity contribution < 1.29 is 52.8 Å². The Balaban J connectivity index is 1.63. The fraction of sp³-hybridized carbons (Fsp3) is 0.615. The molecule has 16 nitrogen and oxygen atoms in total. The molecule has 1 aromatic rings. The van der Waals surface area contributed by atoms with E-state index in [-0.39, 0.29) is 36.6 Å². The van der Waals surface area contributed by atoms with Crippen molar-refractivity contribution in [2.24, 2.45) is 5.73 Å². The van der Waals surface area contributed by atoms with E-state index in [4.69, 9.17) is 41.0 Å². The molecule has 322 valence electrons. The smallest absolute Gasteiger partial charge is 0.409 e. The number of hydrogen-bond donors (Lipinski definition) is 4. The van der Waals surface area contributed by atoms with Crippen molar-refractivity contribution in [1.29, 1.82) is 0 Å². The summed E-state index contributed by atoms with van der Waals surface area (Å²) in [5, 5.41) is 17.3. The molecule has 1 unspecified atom stereocenters. The number of fused-ring (bicyclic) bond motifs is 6. The van der Waals surface area contributed by atoms with Crippen LogP contribution in [0.3, 0.4) is 0 Å². The third-order valence-corrected chi connectivity index (χ3v) is 13.6. The van der Waals surface area contributed by atoms with E-state index in [1.165, 1.54) is 59.6 Å². The number of anilines is 1. The summed E-state index contributed by atoms with van der Waals surface area (Å²) in [4.78, 5) is 68.2. The molecule has 2 saturated heterocycles. The predicted molar refractivity (Wildman–Crippen MR) is 223 cm³/mol. The summed E-state index contributed by atoms with van der Waals surface area (Å²) in [7, 11) is 10.4. The van der Waals surface area contributed by atoms with Gasteiger partial charge in [0.05, 0.1) is 25.3 Å². The number of nitrogens with one attached hydrogen (secondary N) is 2. The van der Waals surface area contributed by atoms with Crippen LogP contribution in [0.15, 0.2) is 35.9 Å². The molecular formula is C39H56ClN5O11S2. The number of likely N-dealkylation sites (N-methyl/N-ethyl adjacent to an activating group) is 2. The van der Waals surface area contributed by atoms with E-state index in [9.17, 15) is 29.1 Å². The number of esters is 1. The quantitative estimate of drug-likeness (QED) is 0.127. The number of carbonyl (C=O) groups is 5. The molecule has 0 spiro atoms. The van der Waals surface area contributed by atoms with Gasteiger partial charge in [0.2, 0.25) is 17.7 Å². The highest BCUT2D eigenvalue weighted by atomic mass is 35.5. The van der Waals surface area contributed by atoms with Gasteiger partial charge in [-0.2, -0.15) is 0 Å². The van der Waals surface area contributed by atoms with Gasteiger partial charge in [-0.15, -0.1) is 0 Å². The summed E-state index contributed by atoms with van der Waals surface area (Å²) in [5.74, 6) is -0.816. The lowest BCUT2D eigenvalue weighted by Crippen LogP contribution is -2.72. The van der Waals surface area contributed by atoms with Crippen LogP contribution >= 0.6 is 33.2 Å². The number of hydrogen-bond acceptors (Lipinski definition) is 14. The van der Waals surface area contributed by atoms with Crippen LogP contribution in [0, 0.1) is 0 Å². The van der Waals surface area contributed by atoms with E-state index in [2.05, 4.69) is 10.6 Å². The highest BCUT2D eigenvalue weighted by Crippen LogP contribution is 2.50. The summed E-state index contributed by atoms with van der Waals surface area (Å²) < 4.78 is 29.5. The molecule has 8 atom stereocenters. The molecule has 4 aliphatic rings. The first-order valence-electron chi connectivity index (χ1n) is 18.8. The number of nitrogens with zero attached hydrogens (tertiary/aromatic N) is 2. The Labute approximate surface area is 352 Å². The Kier molecular flexibility index (Phi) is 16.0. The molecular weight excluding hydrogens is 814 g/mol. The number of ether oxygens (including phenoxy) is 5. The van der Waals surface area contributed by atoms with Gasteiger partial charge < -0.3 is 49.6 Å². The van der Waals surface area contributed by atoms with E-state index in [1.54, 1.807) is 52.2 Å². The van der Waals surface area contributed by atoms with Crippen LogP contribution in [0.4, 0.5) is 10.5 Å². The van der Waals surface area contributed by atoms with Crippen molar-refractivity contribution in [3.05, 3.63) is 46.5 Å². The van der Waals surface area contributed by atoms with Gasteiger partial charge in [-0.1, -0.05) is 57.0 Å². The Bertz CT molecular complexity index is 1780. The zero-order chi connectivity index (χ0) is 43.2. The van der Waals surface area contributed by atoms with Crippen molar-refractivity contribution in [3.8, 4) is 5.75 Å². The molecule has 1 aromatic carbocycles. The average Bonchev–Trinajstić information content (AvgIpc) is 3.15. The minimum atomic E-state index is -1.88. The summed E-state index contributed by atoms with van der Waals surface area (Å²) in [6, 6.07) is 2.02. The van der Waals surface area contributed by atoms with Crippen LogP contribution in [0.25, 0.3) is 0 Å². The largest absolute Gasteiger partial charge is 0.495 e. The van der Waals surface area contributed by atoms with Gasteiger partial charge in [-0.05, 0) is 58.9 Å². The van der Waals surface area contributed by atoms with Gasteiger partial charge in [-0.3, -0.25) is 19.7 Å². The lowest BCUT2D eigenvalue weighted by atomic mass is 9.72. The van der Waals surface area contributed by atoms with Gasteiger partial charge in [0.25, 0.3) is 0 Å². The lowest BCUT2D eigenvalue weighted by Gasteiger charge is -2.59. The maximum absolute atomic E-state index is 14.2. The van der Waals surface area contributed by atoms with Gasteiger partial charge in [0, 0.05) is 52.0 Å². The first-order valence-corrected chi connectivity index (χ1v) is 21.7. The second-order valence-electron chi connectivity index (χ2n) is 15.3. The molecule has 6 bridgehead atoms. The van der Waals surface area contributed by atoms with Gasteiger partial charge in [0.15, 0.2) is 5.72 Å². The molecule has 2 fully saturated rings. The third-order valence-electron chi connectivity index (χ3n) is 10.8. The van der Waals surface area contributed by atoms with Crippen LogP contribution in [-0.2, 0) is 44.5 Å². The van der Waals surface area contributed by atoms with Crippen molar-refractivity contribution >= 4 is 68.7 Å². The minimum Gasteiger partial charge on any atom is -0.495 e. The molecule has 4 heterocycles. The average molecular weight is 870 g/mol. The summed E-state index contributed by atoms with van der Waals surface area (Å²) in [5.41, 5.74) is 3.11. The number of primary amides is 1. The molecule has 5 rings (SSSR count). The molecule has 0 saturated carbocycles. The summed E-state index contributed by atoms with van der Waals surface area (Å²) in [6.07, 6.45) is 1.44. The van der Waals surface area contributed by atoms with Crippen molar-refractivity contribution in [1.82, 2.24) is 15.5 Å². The van der Waals surface area contributed by atoms with Crippen LogP contribution in [-0.4, -0.2) is 134 Å². The summed E-state index contributed by atoms with van der Waals surface area (Å²) in [6.45, 7) is 6.85. The normalized spacial score (nSPS) is 30.0. The number of alkyl carbamates (subject to hydrolysis) is 1. The Hall–Kier alpha value is -3.52. The monoisotopic (exact) mass is 869 g/mol. The maximum Gasteiger partial charge on any atom is 0.409 e. The van der Waals surface area contributed by atoms with Crippen LogP contribution < -0.4 is 26.0 Å². The first kappa shape index (κ1) is 47.2. The number of nitrogens with two attached hydrogens (primary N) is 1. The van der Waals surface area contributed by atoms with Gasteiger partial charge >= 0.3 is 12.1 Å². The number of rotatable bonds is 13. The van der Waals surface area contributed by atoms with E-state index in [0.717, 1.165) is 11.1 Å². The third kappa shape index (κ3) is 11.0. The zero-order valence-electron chi connectivity index (χ0n) is 34.4. The van der Waals surface area contributed by atoms with Gasteiger partial charge in [0.1, 0.15) is 46.3 Å². The van der Waals surface area contributed by atoms with Crippen LogP contribution in [0.2, 0.25) is 5.02 Å². The van der Waals surface area contributed by atoms with Crippen molar-refractivity contribution in [2.75, 3.05) is 51.8 Å². The standard InChI is InChI=1S/C39H56ClN5O11S2/c1-22-11-10-12-28(53-9)39(51)19-30(55-36(50)43-39)38(4)21-37(3,56-38)29(18-32(47)45(7)26-16-24(15-22)17-27(52-8)33(26)40)54-35(49)23(2)44(6)31(46)13-14-57-58-20-25(42-5)34(41)48/h10-12,16-17,23,25,28-30,42,51H,13-15,18-21H2,1-9H3,(H2,41,48)(H,43,50)/b12-10+,22-11+/t23-,25-,28+,29-,30-,37+,38?,39-/m0/s1. The number of carbonyl (C=O) groups excluding carboxylic acids is 5. The number of aliphatic hydroxyl groups is 1. The molecule has 0 radical (unpaired) electrons. The highest BCUT2D eigenvalue weighted by Gasteiger charge is 2.63. The van der Waals surface area contributed by atoms with Crippen LogP contribution in [0.5, 0.6) is 5.75 Å². The van der Waals surface area contributed by atoms with E-state index >= 15 is 0 Å². The Morgan fingerprint density at radius 3 is 2.52 bits per heavy atom. The van der Waals surface area contributed by atoms with E-state index < -0.39 is 71.2 Å². The van der Waals surface area contributed by atoms with Gasteiger partial charge in [-0.25, -0.2) is 9.59 Å². The SMILES string of the molecule is CN[C@@H](CSSCCC(=O)N(C)[C@@H](C)C(=O)O[C@H]1CC(=O)N(C)c2cc(cc(OC)c2Cl)C/C(C)=C/C=C/[C@@H](OC)[C@@]2(O)C[C@H](OC(=O)N2)C2(C)C[C@@]1(C)O2)C(N)=O. The number of halogens is 1. The Morgan fingerprint density at radius 1 is 1.21 bits per heavy atom. The zero-order valence-corrected chi connectivity index (χ0v) is 36.8. The fourth-order valence-electron chi connectivity index (χ4n) is 7.30. The predicted octanol–water partition coefficient (Wildman–Crippen LogP) is 3.50. The number of benzene rings is 1. The van der Waals surface area contributed by atoms with E-state index in [0.29, 0.717) is 29.4 Å². The minimum absolute atomic E-state index is 0.109. The summed E-state index contributed by atoms with van der Waals surface area (Å²) >= 11 is 6.77. The number of amides is 4. The second kappa shape index (κ2) is 19.7. The fourth-order valence-corrected chi connectivity index (χ4v) is 9.85. The lowest BCUT2D eigenvalue weighted by molar-refractivity contribution is -0.328. The first-order chi connectivity index (χ1) is 27.2. The van der Waals surface area contributed by atoms with Crippen molar-refractivity contribution in [2.45, 2.75) is 107 Å². The number of methoxy groups -OCH3 is 2. The highest BCUT2D eigenvalue weighted by molar-refractivity contribution is 8.76. The van der Waals surface area contributed by atoms with E-state index in [1.807, 2.05) is 13.0 Å². The molecule has 0 aliphatic carbocycles. The Morgan fingerprint density at radius 2 is 1.90 bits per heavy atom. The molecule has 0 aromatic heterocycles. The molecule has 58 heavy (non-hydrogen) atoms. The molecule has 4 amide bonds. The topological polar surface area (TPSA) is 208 Å².